The summed E-state index contributed by atoms with van der Waals surface area (Å²) in [5.74, 6) is -0.375. The molecule has 0 spiro atoms. The highest BCUT2D eigenvalue weighted by molar-refractivity contribution is 7.92. The maximum absolute atomic E-state index is 13.5. The molecule has 0 bridgehead atoms. The van der Waals surface area contributed by atoms with Gasteiger partial charge in [0.25, 0.3) is 0 Å². The summed E-state index contributed by atoms with van der Waals surface area (Å²) < 4.78 is 31.3. The third-order valence-electron chi connectivity index (χ3n) is 5.56. The van der Waals surface area contributed by atoms with E-state index in [1.165, 1.54) is 12.0 Å². The first-order chi connectivity index (χ1) is 16.4. The quantitative estimate of drug-likeness (QED) is 0.460. The Labute approximate surface area is 217 Å². The molecule has 2 aromatic rings. The van der Waals surface area contributed by atoms with E-state index in [-0.39, 0.29) is 18.5 Å². The molecule has 2 atom stereocenters. The number of nitrogens with one attached hydrogen (secondary N) is 1. The van der Waals surface area contributed by atoms with Crippen molar-refractivity contribution in [2.24, 2.45) is 0 Å². The van der Waals surface area contributed by atoms with Gasteiger partial charge in [-0.15, -0.1) is 0 Å². The fourth-order valence-electron chi connectivity index (χ4n) is 3.24. The van der Waals surface area contributed by atoms with Crippen molar-refractivity contribution in [2.75, 3.05) is 24.2 Å². The predicted molar refractivity (Wildman–Crippen MR) is 140 cm³/mol. The van der Waals surface area contributed by atoms with E-state index >= 15 is 0 Å². The third kappa shape index (κ3) is 8.02. The molecule has 0 aliphatic heterocycles. The van der Waals surface area contributed by atoms with E-state index in [1.54, 1.807) is 49.4 Å². The Morgan fingerprint density at radius 1 is 1.09 bits per heavy atom. The molecule has 0 saturated carbocycles. The molecule has 0 heterocycles. The number of sulfonamides is 1. The summed E-state index contributed by atoms with van der Waals surface area (Å²) in [7, 11) is -2.32. The van der Waals surface area contributed by atoms with Crippen LogP contribution >= 0.6 is 23.2 Å². The molecule has 2 rings (SSSR count). The highest BCUT2D eigenvalue weighted by Crippen LogP contribution is 2.25. The maximum atomic E-state index is 13.5. The largest absolute Gasteiger partial charge is 0.497 e. The van der Waals surface area contributed by atoms with Crippen molar-refractivity contribution in [1.29, 1.82) is 0 Å². The number of carbonyl (C=O) groups excluding carboxylic acids is 2. The molecular weight excluding hydrogens is 513 g/mol. The van der Waals surface area contributed by atoms with E-state index in [2.05, 4.69) is 5.32 Å². The topological polar surface area (TPSA) is 96.0 Å². The second-order valence-corrected chi connectivity index (χ2v) is 11.0. The van der Waals surface area contributed by atoms with Gasteiger partial charge in [-0.3, -0.25) is 13.9 Å². The number of hydrogen-bond donors (Lipinski definition) is 1. The first-order valence-corrected chi connectivity index (χ1v) is 13.6. The average Bonchev–Trinajstić information content (AvgIpc) is 2.80. The first-order valence-electron chi connectivity index (χ1n) is 11.0. The zero-order chi connectivity index (χ0) is 26.3. The Morgan fingerprint density at radius 3 is 2.23 bits per heavy atom. The standard InChI is InChI=1S/C24H31Cl2N3O5S/c1-6-16(2)27-24(31)17(3)28(14-18-7-8-19(25)13-22(18)26)23(30)15-29(35(5,32)33)20-9-11-21(34-4)12-10-20/h7-13,16-17H,6,14-15H2,1-5H3,(H,27,31)/t16-,17-/m1/s1. The fraction of sp³-hybridized carbons (Fsp3) is 0.417. The normalized spacial score (nSPS) is 13.0. The summed E-state index contributed by atoms with van der Waals surface area (Å²) in [5, 5.41) is 3.64. The van der Waals surface area contributed by atoms with Gasteiger partial charge in [-0.2, -0.15) is 0 Å². The van der Waals surface area contributed by atoms with Crippen LogP contribution in [0.25, 0.3) is 0 Å². The van der Waals surface area contributed by atoms with Crippen LogP contribution in [0, 0.1) is 0 Å². The van der Waals surface area contributed by atoms with Gasteiger partial charge >= 0.3 is 0 Å². The van der Waals surface area contributed by atoms with Gasteiger partial charge in [-0.1, -0.05) is 36.2 Å². The second-order valence-electron chi connectivity index (χ2n) is 8.22. The van der Waals surface area contributed by atoms with Crippen molar-refractivity contribution in [1.82, 2.24) is 10.2 Å². The molecule has 0 aliphatic carbocycles. The smallest absolute Gasteiger partial charge is 0.244 e. The number of amides is 2. The summed E-state index contributed by atoms with van der Waals surface area (Å²) in [6.07, 6.45) is 1.73. The second kappa shape index (κ2) is 12.5. The van der Waals surface area contributed by atoms with Crippen LogP contribution in [0.15, 0.2) is 42.5 Å². The van der Waals surface area contributed by atoms with E-state index in [0.717, 1.165) is 17.0 Å². The molecule has 0 saturated heterocycles. The monoisotopic (exact) mass is 543 g/mol. The van der Waals surface area contributed by atoms with Gasteiger partial charge in [0.2, 0.25) is 21.8 Å². The molecule has 2 amide bonds. The molecule has 0 radical (unpaired) electrons. The van der Waals surface area contributed by atoms with Gasteiger partial charge in [0.15, 0.2) is 0 Å². The molecule has 0 unspecified atom stereocenters. The van der Waals surface area contributed by atoms with Crippen LogP contribution in [0.4, 0.5) is 5.69 Å². The molecule has 192 valence electrons. The Balaban J connectivity index is 2.41. The van der Waals surface area contributed by atoms with E-state index in [0.29, 0.717) is 27.0 Å². The van der Waals surface area contributed by atoms with E-state index < -0.39 is 28.5 Å². The van der Waals surface area contributed by atoms with Crippen LogP contribution in [-0.2, 0) is 26.2 Å². The first kappa shape index (κ1) is 28.7. The highest BCUT2D eigenvalue weighted by Gasteiger charge is 2.30. The third-order valence-corrected chi connectivity index (χ3v) is 7.29. The number of carbonyl (C=O) groups is 2. The van der Waals surface area contributed by atoms with Crippen LogP contribution in [0.3, 0.4) is 0 Å². The molecular formula is C24H31Cl2N3O5S. The van der Waals surface area contributed by atoms with Crippen molar-refractivity contribution >= 4 is 50.7 Å². The van der Waals surface area contributed by atoms with Crippen LogP contribution in [0.2, 0.25) is 10.0 Å². The molecule has 2 aromatic carbocycles. The minimum Gasteiger partial charge on any atom is -0.497 e. The van der Waals surface area contributed by atoms with Crippen molar-refractivity contribution in [3.63, 3.8) is 0 Å². The number of halogens is 2. The summed E-state index contributed by atoms with van der Waals surface area (Å²) in [5.41, 5.74) is 0.866. The molecule has 0 aromatic heterocycles. The van der Waals surface area contributed by atoms with E-state index in [1.807, 2.05) is 13.8 Å². The summed E-state index contributed by atoms with van der Waals surface area (Å²) in [6, 6.07) is 10.2. The van der Waals surface area contributed by atoms with Gasteiger partial charge in [-0.25, -0.2) is 8.42 Å². The van der Waals surface area contributed by atoms with Crippen LogP contribution < -0.4 is 14.4 Å². The number of methoxy groups -OCH3 is 1. The minimum absolute atomic E-state index is 0.00978. The van der Waals surface area contributed by atoms with Gasteiger partial charge < -0.3 is 15.0 Å². The lowest BCUT2D eigenvalue weighted by Crippen LogP contribution is -2.52. The van der Waals surface area contributed by atoms with E-state index in [4.69, 9.17) is 27.9 Å². The zero-order valence-electron chi connectivity index (χ0n) is 20.4. The SMILES string of the molecule is CC[C@@H](C)NC(=O)[C@@H](C)N(Cc1ccc(Cl)cc1Cl)C(=O)CN(c1ccc(OC)cc1)S(C)(=O)=O. The summed E-state index contributed by atoms with van der Waals surface area (Å²) >= 11 is 12.3. The highest BCUT2D eigenvalue weighted by atomic mass is 35.5. The number of rotatable bonds is 11. The molecule has 1 N–H and O–H groups in total. The van der Waals surface area contributed by atoms with Crippen molar-refractivity contribution in [3.05, 3.63) is 58.1 Å². The molecule has 0 aliphatic rings. The zero-order valence-corrected chi connectivity index (χ0v) is 22.7. The van der Waals surface area contributed by atoms with Gasteiger partial charge in [-0.05, 0) is 62.2 Å². The number of benzene rings is 2. The van der Waals surface area contributed by atoms with Crippen molar-refractivity contribution in [2.45, 2.75) is 45.8 Å². The van der Waals surface area contributed by atoms with E-state index in [9.17, 15) is 18.0 Å². The molecule has 0 fully saturated rings. The minimum atomic E-state index is -3.82. The maximum Gasteiger partial charge on any atom is 0.244 e. The number of anilines is 1. The van der Waals surface area contributed by atoms with Gasteiger partial charge in [0.1, 0.15) is 18.3 Å². The number of hydrogen-bond acceptors (Lipinski definition) is 5. The predicted octanol–water partition coefficient (Wildman–Crippen LogP) is 4.10. The van der Waals surface area contributed by atoms with Crippen LogP contribution in [0.5, 0.6) is 5.75 Å². The Hall–Kier alpha value is -2.49. The summed E-state index contributed by atoms with van der Waals surface area (Å²) in [4.78, 5) is 27.7. The molecule has 11 heteroatoms. The number of nitrogens with zero attached hydrogens (tertiary/aromatic N) is 2. The lowest BCUT2D eigenvalue weighted by Gasteiger charge is -2.32. The Bertz CT molecular complexity index is 1140. The lowest BCUT2D eigenvalue weighted by molar-refractivity contribution is -0.139. The molecule has 35 heavy (non-hydrogen) atoms. The van der Waals surface area contributed by atoms with Crippen LogP contribution in [-0.4, -0.2) is 57.1 Å². The van der Waals surface area contributed by atoms with Crippen molar-refractivity contribution < 1.29 is 22.7 Å². The van der Waals surface area contributed by atoms with Crippen molar-refractivity contribution in [3.8, 4) is 5.75 Å². The lowest BCUT2D eigenvalue weighted by atomic mass is 10.1. The average molecular weight is 545 g/mol. The van der Waals surface area contributed by atoms with Gasteiger partial charge in [0.05, 0.1) is 19.1 Å². The molecule has 8 nitrogen and oxygen atoms in total. The Morgan fingerprint density at radius 2 is 1.71 bits per heavy atom. The Kier molecular flexibility index (Phi) is 10.2. The van der Waals surface area contributed by atoms with Gasteiger partial charge in [0, 0.05) is 22.6 Å². The summed E-state index contributed by atoms with van der Waals surface area (Å²) in [6.45, 7) is 4.88. The fourth-order valence-corrected chi connectivity index (χ4v) is 4.56. The number of ether oxygens (including phenoxy) is 1. The van der Waals surface area contributed by atoms with Crippen LogP contribution in [0.1, 0.15) is 32.8 Å².